The SMILES string of the molecule is OCCCCCC=CC=CC(O)C1CCCCC1. The van der Waals surface area contributed by atoms with Crippen molar-refractivity contribution in [2.45, 2.75) is 63.9 Å². The first-order valence-electron chi connectivity index (χ1n) is 7.47. The van der Waals surface area contributed by atoms with Gasteiger partial charge in [0.2, 0.25) is 0 Å². The van der Waals surface area contributed by atoms with Gasteiger partial charge in [-0.15, -0.1) is 0 Å². The van der Waals surface area contributed by atoms with Crippen LogP contribution in [-0.4, -0.2) is 22.9 Å². The molecule has 1 atom stereocenters. The molecule has 0 aromatic rings. The van der Waals surface area contributed by atoms with Crippen LogP contribution in [0.2, 0.25) is 0 Å². The molecule has 0 radical (unpaired) electrons. The molecule has 1 unspecified atom stereocenters. The van der Waals surface area contributed by atoms with Gasteiger partial charge in [-0.1, -0.05) is 50.0 Å². The van der Waals surface area contributed by atoms with E-state index in [1.807, 2.05) is 18.2 Å². The van der Waals surface area contributed by atoms with Crippen molar-refractivity contribution in [1.82, 2.24) is 0 Å². The quantitative estimate of drug-likeness (QED) is 0.512. The van der Waals surface area contributed by atoms with Crippen molar-refractivity contribution in [2.75, 3.05) is 6.61 Å². The fraction of sp³-hybridized carbons (Fsp3) is 0.750. The molecule has 1 saturated carbocycles. The van der Waals surface area contributed by atoms with Crippen molar-refractivity contribution >= 4 is 0 Å². The van der Waals surface area contributed by atoms with Crippen LogP contribution in [0.15, 0.2) is 24.3 Å². The number of hydrogen-bond acceptors (Lipinski definition) is 2. The summed E-state index contributed by atoms with van der Waals surface area (Å²) < 4.78 is 0. The molecule has 1 aliphatic rings. The molecule has 18 heavy (non-hydrogen) atoms. The minimum absolute atomic E-state index is 0.260. The lowest BCUT2D eigenvalue weighted by Crippen LogP contribution is -2.20. The molecular weight excluding hydrogens is 224 g/mol. The standard InChI is InChI=1S/C16H28O2/c17-14-10-5-3-1-2-4-9-13-16(18)15-11-7-6-8-12-15/h2,4,9,13,15-18H,1,3,5-8,10-12,14H2. The highest BCUT2D eigenvalue weighted by molar-refractivity contribution is 5.05. The lowest BCUT2D eigenvalue weighted by atomic mass is 9.85. The van der Waals surface area contributed by atoms with Crippen LogP contribution >= 0.6 is 0 Å². The Morgan fingerprint density at radius 3 is 2.50 bits per heavy atom. The van der Waals surface area contributed by atoms with Crippen LogP contribution in [0, 0.1) is 5.92 Å². The smallest absolute Gasteiger partial charge is 0.0752 e. The summed E-state index contributed by atoms with van der Waals surface area (Å²) in [6.45, 7) is 0.303. The molecule has 2 nitrogen and oxygen atoms in total. The van der Waals surface area contributed by atoms with Crippen molar-refractivity contribution < 1.29 is 10.2 Å². The summed E-state index contributed by atoms with van der Waals surface area (Å²) in [5.41, 5.74) is 0. The molecule has 1 fully saturated rings. The fourth-order valence-corrected chi connectivity index (χ4v) is 2.54. The lowest BCUT2D eigenvalue weighted by Gasteiger charge is -2.24. The predicted molar refractivity (Wildman–Crippen MR) is 76.4 cm³/mol. The second kappa shape index (κ2) is 10.3. The minimum Gasteiger partial charge on any atom is -0.396 e. The summed E-state index contributed by atoms with van der Waals surface area (Å²) in [7, 11) is 0. The summed E-state index contributed by atoms with van der Waals surface area (Å²) in [6, 6.07) is 0. The molecule has 0 aromatic heterocycles. The van der Waals surface area contributed by atoms with Crippen LogP contribution < -0.4 is 0 Å². The number of allylic oxidation sites excluding steroid dienone is 3. The fourth-order valence-electron chi connectivity index (χ4n) is 2.54. The topological polar surface area (TPSA) is 40.5 Å². The van der Waals surface area contributed by atoms with Crippen LogP contribution in [0.25, 0.3) is 0 Å². The number of hydrogen-bond donors (Lipinski definition) is 2. The van der Waals surface area contributed by atoms with Gasteiger partial charge < -0.3 is 10.2 Å². The Morgan fingerprint density at radius 2 is 1.78 bits per heavy atom. The van der Waals surface area contributed by atoms with E-state index in [4.69, 9.17) is 5.11 Å². The van der Waals surface area contributed by atoms with Crippen molar-refractivity contribution in [3.8, 4) is 0 Å². The number of rotatable bonds is 8. The Hall–Kier alpha value is -0.600. The lowest BCUT2D eigenvalue weighted by molar-refractivity contribution is 0.125. The molecule has 0 spiro atoms. The Balaban J connectivity index is 2.08. The highest BCUT2D eigenvalue weighted by Crippen LogP contribution is 2.26. The Labute approximate surface area is 111 Å². The van der Waals surface area contributed by atoms with Gasteiger partial charge in [-0.2, -0.15) is 0 Å². The summed E-state index contributed by atoms with van der Waals surface area (Å²) in [5.74, 6) is 0.480. The van der Waals surface area contributed by atoms with E-state index in [0.717, 1.165) is 25.7 Å². The minimum atomic E-state index is -0.260. The highest BCUT2D eigenvalue weighted by Gasteiger charge is 2.18. The molecule has 0 aromatic carbocycles. The average Bonchev–Trinajstić information content (AvgIpc) is 2.42. The Bertz CT molecular complexity index is 239. The molecule has 1 aliphatic carbocycles. The third-order valence-corrected chi connectivity index (χ3v) is 3.72. The summed E-state index contributed by atoms with van der Waals surface area (Å²) in [5, 5.41) is 18.6. The van der Waals surface area contributed by atoms with Crippen LogP contribution in [0.3, 0.4) is 0 Å². The molecule has 0 bridgehead atoms. The van der Waals surface area contributed by atoms with Crippen molar-refractivity contribution in [3.05, 3.63) is 24.3 Å². The zero-order chi connectivity index (χ0) is 13.1. The van der Waals surface area contributed by atoms with Crippen LogP contribution in [-0.2, 0) is 0 Å². The largest absolute Gasteiger partial charge is 0.396 e. The molecule has 0 amide bonds. The van der Waals surface area contributed by atoms with Crippen LogP contribution in [0.1, 0.15) is 57.8 Å². The maximum atomic E-state index is 10.00. The van der Waals surface area contributed by atoms with Gasteiger partial charge in [0.05, 0.1) is 6.10 Å². The molecule has 2 N–H and O–H groups in total. The monoisotopic (exact) mass is 252 g/mol. The van der Waals surface area contributed by atoms with Gasteiger partial charge in [0, 0.05) is 6.61 Å². The Morgan fingerprint density at radius 1 is 1.00 bits per heavy atom. The third kappa shape index (κ3) is 6.97. The van der Waals surface area contributed by atoms with E-state index in [2.05, 4.69) is 6.08 Å². The maximum Gasteiger partial charge on any atom is 0.0752 e. The van der Waals surface area contributed by atoms with Crippen molar-refractivity contribution in [3.63, 3.8) is 0 Å². The summed E-state index contributed by atoms with van der Waals surface area (Å²) in [4.78, 5) is 0. The first-order chi connectivity index (χ1) is 8.84. The van der Waals surface area contributed by atoms with Gasteiger partial charge in [-0.3, -0.25) is 0 Å². The molecular formula is C16H28O2. The Kier molecular flexibility index (Phi) is 8.87. The van der Waals surface area contributed by atoms with Gasteiger partial charge >= 0.3 is 0 Å². The normalized spacial score (nSPS) is 19.9. The van der Waals surface area contributed by atoms with E-state index in [9.17, 15) is 5.11 Å². The summed E-state index contributed by atoms with van der Waals surface area (Å²) in [6.07, 6.45) is 18.3. The van der Waals surface area contributed by atoms with Crippen molar-refractivity contribution in [1.29, 1.82) is 0 Å². The van der Waals surface area contributed by atoms with Gasteiger partial charge in [0.15, 0.2) is 0 Å². The van der Waals surface area contributed by atoms with Crippen LogP contribution in [0.4, 0.5) is 0 Å². The van der Waals surface area contributed by atoms with Crippen molar-refractivity contribution in [2.24, 2.45) is 5.92 Å². The second-order valence-electron chi connectivity index (χ2n) is 5.27. The number of aliphatic hydroxyl groups is 2. The molecule has 0 heterocycles. The molecule has 0 aliphatic heterocycles. The van der Waals surface area contributed by atoms with Crippen LogP contribution in [0.5, 0.6) is 0 Å². The zero-order valence-corrected chi connectivity index (χ0v) is 11.4. The maximum absolute atomic E-state index is 10.00. The van der Waals surface area contributed by atoms with Gasteiger partial charge in [-0.05, 0) is 38.0 Å². The van der Waals surface area contributed by atoms with E-state index in [-0.39, 0.29) is 6.10 Å². The first kappa shape index (κ1) is 15.5. The van der Waals surface area contributed by atoms with E-state index < -0.39 is 0 Å². The molecule has 1 rings (SSSR count). The molecule has 104 valence electrons. The second-order valence-corrected chi connectivity index (χ2v) is 5.27. The summed E-state index contributed by atoms with van der Waals surface area (Å²) >= 11 is 0. The van der Waals surface area contributed by atoms with E-state index in [1.54, 1.807) is 0 Å². The van der Waals surface area contributed by atoms with E-state index >= 15 is 0 Å². The van der Waals surface area contributed by atoms with E-state index in [0.29, 0.717) is 12.5 Å². The highest BCUT2D eigenvalue weighted by atomic mass is 16.3. The number of unbranched alkanes of at least 4 members (excludes halogenated alkanes) is 3. The average molecular weight is 252 g/mol. The van der Waals surface area contributed by atoms with Gasteiger partial charge in [0.25, 0.3) is 0 Å². The van der Waals surface area contributed by atoms with E-state index in [1.165, 1.54) is 32.1 Å². The molecule has 2 heteroatoms. The first-order valence-corrected chi connectivity index (χ1v) is 7.47. The van der Waals surface area contributed by atoms with Gasteiger partial charge in [0.1, 0.15) is 0 Å². The predicted octanol–water partition coefficient (Wildman–Crippen LogP) is 3.59. The zero-order valence-electron chi connectivity index (χ0n) is 11.4. The third-order valence-electron chi connectivity index (χ3n) is 3.72. The number of aliphatic hydroxyl groups excluding tert-OH is 2. The molecule has 0 saturated heterocycles. The van der Waals surface area contributed by atoms with Gasteiger partial charge in [-0.25, -0.2) is 0 Å².